The fourth-order valence-electron chi connectivity index (χ4n) is 10.4. The maximum Gasteiger partial charge on any atom is 0.0546 e. The van der Waals surface area contributed by atoms with E-state index in [1.54, 1.807) is 0 Å². The molecule has 0 radical (unpaired) electrons. The summed E-state index contributed by atoms with van der Waals surface area (Å²) >= 11 is 0. The number of nitrogens with zero attached hydrogens (tertiary/aromatic N) is 2. The van der Waals surface area contributed by atoms with Gasteiger partial charge in [-0.15, -0.1) is 0 Å². The van der Waals surface area contributed by atoms with Crippen LogP contribution in [0.2, 0.25) is 0 Å². The van der Waals surface area contributed by atoms with Crippen molar-refractivity contribution < 1.29 is 0 Å². The van der Waals surface area contributed by atoms with Crippen LogP contribution in [0.25, 0.3) is 43.8 Å². The Morgan fingerprint density at radius 2 is 0.967 bits per heavy atom. The summed E-state index contributed by atoms with van der Waals surface area (Å²) in [6.45, 7) is 4.75. The van der Waals surface area contributed by atoms with Crippen LogP contribution >= 0.6 is 0 Å². The monoisotopic (exact) mass is 786 g/mol. The van der Waals surface area contributed by atoms with Crippen LogP contribution in [0.3, 0.4) is 0 Å². The Kier molecular flexibility index (Phi) is 9.30. The number of fused-ring (bicyclic) bond motifs is 5. The molecular weight excluding hydrogens is 737 g/mol. The summed E-state index contributed by atoms with van der Waals surface area (Å²) < 4.78 is 0. The first-order chi connectivity index (χ1) is 30.0. The van der Waals surface area contributed by atoms with Gasteiger partial charge in [0.2, 0.25) is 0 Å². The molecule has 0 aromatic heterocycles. The van der Waals surface area contributed by atoms with Crippen molar-refractivity contribution in [3.05, 3.63) is 217 Å². The van der Waals surface area contributed by atoms with E-state index in [1.807, 2.05) is 0 Å². The number of hydrogen-bond donors (Lipinski definition) is 0. The summed E-state index contributed by atoms with van der Waals surface area (Å²) in [5.41, 5.74) is 16.1. The van der Waals surface area contributed by atoms with E-state index in [4.69, 9.17) is 0 Å². The molecule has 0 N–H and O–H groups in total. The first-order valence-corrected chi connectivity index (χ1v) is 22.1. The second-order valence-corrected chi connectivity index (χ2v) is 17.6. The summed E-state index contributed by atoms with van der Waals surface area (Å²) in [6, 6.07) is 74.5. The molecule has 11 rings (SSSR count). The average molecular weight is 787 g/mol. The lowest BCUT2D eigenvalue weighted by Gasteiger charge is -2.31. The van der Waals surface area contributed by atoms with Gasteiger partial charge in [0.25, 0.3) is 0 Å². The predicted molar refractivity (Wildman–Crippen MR) is 260 cm³/mol. The Balaban J connectivity index is 1.08. The zero-order chi connectivity index (χ0) is 40.9. The van der Waals surface area contributed by atoms with Crippen LogP contribution < -0.4 is 9.80 Å². The van der Waals surface area contributed by atoms with Gasteiger partial charge in [-0.1, -0.05) is 167 Å². The fraction of sp³-hybridized carbons (Fsp3) is 0.153. The molecule has 0 saturated heterocycles. The number of rotatable bonds is 8. The highest BCUT2D eigenvalue weighted by atomic mass is 15.2. The van der Waals surface area contributed by atoms with Crippen LogP contribution in [0, 0.1) is 0 Å². The van der Waals surface area contributed by atoms with Crippen LogP contribution in [0.4, 0.5) is 34.1 Å². The highest BCUT2D eigenvalue weighted by Gasteiger charge is 2.36. The molecule has 2 heteroatoms. The molecule has 0 bridgehead atoms. The van der Waals surface area contributed by atoms with Crippen LogP contribution in [-0.2, 0) is 5.41 Å². The smallest absolute Gasteiger partial charge is 0.0546 e. The van der Waals surface area contributed by atoms with Gasteiger partial charge in [-0.25, -0.2) is 0 Å². The van der Waals surface area contributed by atoms with Crippen LogP contribution in [0.15, 0.2) is 200 Å². The zero-order valence-electron chi connectivity index (χ0n) is 35.1. The molecule has 0 spiro atoms. The maximum atomic E-state index is 2.47. The first kappa shape index (κ1) is 37.1. The summed E-state index contributed by atoms with van der Waals surface area (Å²) in [4.78, 5) is 4.93. The molecule has 9 aromatic carbocycles. The van der Waals surface area contributed by atoms with Gasteiger partial charge in [0.15, 0.2) is 0 Å². The molecule has 0 heterocycles. The lowest BCUT2D eigenvalue weighted by Crippen LogP contribution is -2.17. The molecular formula is C59H50N2. The van der Waals surface area contributed by atoms with Crippen molar-refractivity contribution >= 4 is 55.7 Å². The third-order valence-corrected chi connectivity index (χ3v) is 13.6. The van der Waals surface area contributed by atoms with E-state index in [0.717, 1.165) is 22.7 Å². The van der Waals surface area contributed by atoms with Crippen molar-refractivity contribution in [2.75, 3.05) is 9.80 Å². The maximum absolute atomic E-state index is 2.47. The van der Waals surface area contributed by atoms with Crippen molar-refractivity contribution in [1.82, 2.24) is 0 Å². The molecule has 0 amide bonds. The highest BCUT2D eigenvalue weighted by molar-refractivity contribution is 6.04. The Bertz CT molecular complexity index is 3020. The molecule has 2 aliphatic rings. The Labute approximate surface area is 360 Å². The van der Waals surface area contributed by atoms with E-state index in [9.17, 15) is 0 Å². The summed E-state index contributed by atoms with van der Waals surface area (Å²) in [6.07, 6.45) is 6.62. The third kappa shape index (κ3) is 6.59. The molecule has 1 fully saturated rings. The standard InChI is InChI=1S/C59H50N2/c1-59(2)55-26-14-13-25-52(55)53-37-36-50(40-56(53)59)60(47-30-28-42(29-31-47)41-16-5-3-6-17-41)48-32-34-49(35-33-48)61(57-27-15-23-43-20-11-12-24-51(43)57)58-39-46-22-10-9-21-45(46)38-54(58)44-18-7-4-8-19-44/h4,7-15,18-41H,3,5-6,16-17H2,1-2H3. The molecule has 296 valence electrons. The largest absolute Gasteiger partial charge is 0.310 e. The lowest BCUT2D eigenvalue weighted by atomic mass is 9.82. The van der Waals surface area contributed by atoms with Gasteiger partial charge in [-0.3, -0.25) is 0 Å². The van der Waals surface area contributed by atoms with Crippen molar-refractivity contribution in [2.24, 2.45) is 0 Å². The summed E-state index contributed by atoms with van der Waals surface area (Å²) in [5, 5.41) is 4.86. The average Bonchev–Trinajstić information content (AvgIpc) is 3.55. The fourth-order valence-corrected chi connectivity index (χ4v) is 10.4. The van der Waals surface area contributed by atoms with Gasteiger partial charge in [0.1, 0.15) is 0 Å². The molecule has 0 atom stereocenters. The molecule has 2 aliphatic carbocycles. The normalized spacial score (nSPS) is 14.5. The van der Waals surface area contributed by atoms with Gasteiger partial charge in [-0.05, 0) is 135 Å². The van der Waals surface area contributed by atoms with Crippen molar-refractivity contribution in [3.63, 3.8) is 0 Å². The van der Waals surface area contributed by atoms with Gasteiger partial charge in [-0.2, -0.15) is 0 Å². The summed E-state index contributed by atoms with van der Waals surface area (Å²) in [5.74, 6) is 0.658. The van der Waals surface area contributed by atoms with E-state index >= 15 is 0 Å². The molecule has 0 aliphatic heterocycles. The van der Waals surface area contributed by atoms with Gasteiger partial charge < -0.3 is 9.80 Å². The molecule has 61 heavy (non-hydrogen) atoms. The van der Waals surface area contributed by atoms with Crippen LogP contribution in [0.5, 0.6) is 0 Å². The lowest BCUT2D eigenvalue weighted by molar-refractivity contribution is 0.443. The quantitative estimate of drug-likeness (QED) is 0.151. The van der Waals surface area contributed by atoms with Crippen molar-refractivity contribution in [2.45, 2.75) is 57.3 Å². The minimum Gasteiger partial charge on any atom is -0.310 e. The minimum absolute atomic E-state index is 0.0996. The van der Waals surface area contributed by atoms with E-state index in [0.29, 0.717) is 5.92 Å². The van der Waals surface area contributed by atoms with Crippen molar-refractivity contribution in [1.29, 1.82) is 0 Å². The SMILES string of the molecule is CC1(C)c2ccccc2-c2ccc(N(c3ccc(C4CCCCC4)cc3)c3ccc(N(c4cc5ccccc5cc4-c4ccccc4)c4cccc5ccccc45)cc3)cc21. The van der Waals surface area contributed by atoms with Gasteiger partial charge in [0, 0.05) is 39.1 Å². The van der Waals surface area contributed by atoms with Crippen LogP contribution in [0.1, 0.15) is 68.6 Å². The minimum atomic E-state index is -0.0996. The predicted octanol–water partition coefficient (Wildman–Crippen LogP) is 17.0. The second kappa shape index (κ2) is 15.3. The molecule has 2 nitrogen and oxygen atoms in total. The summed E-state index contributed by atoms with van der Waals surface area (Å²) in [7, 11) is 0. The molecule has 0 unspecified atom stereocenters. The Morgan fingerprint density at radius 1 is 0.393 bits per heavy atom. The Hall–Kier alpha value is -6.90. The highest BCUT2D eigenvalue weighted by Crippen LogP contribution is 2.51. The van der Waals surface area contributed by atoms with E-state index < -0.39 is 0 Å². The van der Waals surface area contributed by atoms with Crippen molar-refractivity contribution in [3.8, 4) is 22.3 Å². The number of hydrogen-bond acceptors (Lipinski definition) is 2. The topological polar surface area (TPSA) is 6.48 Å². The van der Waals surface area contributed by atoms with Gasteiger partial charge in [0.05, 0.1) is 11.4 Å². The van der Waals surface area contributed by atoms with E-state index in [-0.39, 0.29) is 5.41 Å². The van der Waals surface area contributed by atoms with Crippen LogP contribution in [-0.4, -0.2) is 0 Å². The van der Waals surface area contributed by atoms with Gasteiger partial charge >= 0.3 is 0 Å². The molecule has 9 aromatic rings. The number of benzene rings is 9. The van der Waals surface area contributed by atoms with E-state index in [2.05, 4.69) is 224 Å². The Morgan fingerprint density at radius 3 is 1.72 bits per heavy atom. The second-order valence-electron chi connectivity index (χ2n) is 17.6. The number of anilines is 6. The zero-order valence-corrected chi connectivity index (χ0v) is 35.1. The van der Waals surface area contributed by atoms with E-state index in [1.165, 1.54) is 104 Å². The first-order valence-electron chi connectivity index (χ1n) is 22.1. The molecule has 1 saturated carbocycles. The third-order valence-electron chi connectivity index (χ3n) is 13.6.